The smallest absolute Gasteiger partial charge is 0.406 e. The van der Waals surface area contributed by atoms with Crippen LogP contribution in [0.3, 0.4) is 0 Å². The molecule has 6 nitrogen and oxygen atoms in total. The van der Waals surface area contributed by atoms with Gasteiger partial charge in [-0.3, -0.25) is 15.6 Å². The second-order valence-corrected chi connectivity index (χ2v) is 10.1. The van der Waals surface area contributed by atoms with Crippen LogP contribution in [0.5, 0.6) is 5.75 Å². The molecule has 1 aromatic rings. The first-order chi connectivity index (χ1) is 15.8. The van der Waals surface area contributed by atoms with Gasteiger partial charge in [0.05, 0.1) is 5.92 Å². The molecule has 33 heavy (non-hydrogen) atoms. The standard InChI is InChI=1S/C24H33F3N4O2/c1-14-2-4-17(21(10-14)33-16-6-8-28-9-7-16)15-3-5-18-20(11-15)31(13-24(25,26)27)23(32)19-12-29-30-22(18)19/h2,4,10,15-16,18-20,22,28-30H,3,5-9,11-13H2,1H3. The molecule has 1 amide bonds. The van der Waals surface area contributed by atoms with Crippen LogP contribution in [-0.2, 0) is 4.79 Å². The maximum Gasteiger partial charge on any atom is 0.406 e. The van der Waals surface area contributed by atoms with Crippen molar-refractivity contribution in [2.24, 2.45) is 11.8 Å². The summed E-state index contributed by atoms with van der Waals surface area (Å²) in [6.07, 6.45) is -0.179. The molecule has 4 aliphatic rings. The molecule has 3 N–H and O–H groups in total. The summed E-state index contributed by atoms with van der Waals surface area (Å²) in [5.74, 6) is 0.127. The Morgan fingerprint density at radius 1 is 1.15 bits per heavy atom. The number of nitrogens with one attached hydrogen (secondary N) is 3. The van der Waals surface area contributed by atoms with E-state index in [-0.39, 0.29) is 29.9 Å². The lowest BCUT2D eigenvalue weighted by atomic mass is 9.67. The van der Waals surface area contributed by atoms with E-state index >= 15 is 0 Å². The molecule has 182 valence electrons. The van der Waals surface area contributed by atoms with Gasteiger partial charge in [-0.25, -0.2) is 0 Å². The van der Waals surface area contributed by atoms with E-state index in [1.54, 1.807) is 0 Å². The SMILES string of the molecule is Cc1ccc(C2CCC3C4NNCC4C(=O)N(CC(F)(F)F)C3C2)c(OC2CCNCC2)c1. The van der Waals surface area contributed by atoms with E-state index in [1.807, 2.05) is 6.92 Å². The fourth-order valence-corrected chi connectivity index (χ4v) is 6.33. The van der Waals surface area contributed by atoms with E-state index < -0.39 is 24.7 Å². The van der Waals surface area contributed by atoms with Gasteiger partial charge < -0.3 is 15.0 Å². The van der Waals surface area contributed by atoms with Crippen molar-refractivity contribution in [2.75, 3.05) is 26.2 Å². The summed E-state index contributed by atoms with van der Waals surface area (Å²) < 4.78 is 46.8. The molecule has 9 heteroatoms. The van der Waals surface area contributed by atoms with Gasteiger partial charge in [0.25, 0.3) is 0 Å². The van der Waals surface area contributed by atoms with Gasteiger partial charge in [-0.15, -0.1) is 0 Å². The van der Waals surface area contributed by atoms with Crippen LogP contribution in [0.4, 0.5) is 13.2 Å². The van der Waals surface area contributed by atoms with Crippen LogP contribution in [0.25, 0.3) is 0 Å². The van der Waals surface area contributed by atoms with Gasteiger partial charge in [-0.1, -0.05) is 12.1 Å². The number of likely N-dealkylation sites (tertiary alicyclic amines) is 1. The van der Waals surface area contributed by atoms with E-state index in [2.05, 4.69) is 34.4 Å². The number of alkyl halides is 3. The van der Waals surface area contributed by atoms with E-state index in [0.717, 1.165) is 60.5 Å². The average Bonchev–Trinajstić information content (AvgIpc) is 3.27. The van der Waals surface area contributed by atoms with Crippen molar-refractivity contribution in [1.82, 2.24) is 21.1 Å². The summed E-state index contributed by atoms with van der Waals surface area (Å²) in [4.78, 5) is 14.2. The second-order valence-electron chi connectivity index (χ2n) is 10.1. The fourth-order valence-electron chi connectivity index (χ4n) is 6.33. The third-order valence-electron chi connectivity index (χ3n) is 7.89. The fraction of sp³-hybridized carbons (Fsp3) is 0.708. The van der Waals surface area contributed by atoms with Crippen molar-refractivity contribution in [1.29, 1.82) is 0 Å². The Morgan fingerprint density at radius 2 is 1.94 bits per heavy atom. The molecular weight excluding hydrogens is 433 g/mol. The lowest BCUT2D eigenvalue weighted by Gasteiger charge is -2.50. The van der Waals surface area contributed by atoms with E-state index in [1.165, 1.54) is 0 Å². The topological polar surface area (TPSA) is 65.6 Å². The zero-order valence-corrected chi connectivity index (χ0v) is 19.0. The number of carbonyl (C=O) groups excluding carboxylic acids is 1. The molecule has 1 saturated carbocycles. The number of amides is 1. The minimum atomic E-state index is -4.41. The number of aryl methyl sites for hydroxylation is 1. The number of fused-ring (bicyclic) bond motifs is 3. The molecule has 0 spiro atoms. The van der Waals surface area contributed by atoms with Crippen LogP contribution in [0, 0.1) is 18.8 Å². The Bertz CT molecular complexity index is 874. The number of rotatable bonds is 4. The predicted octanol–water partition coefficient (Wildman–Crippen LogP) is 2.88. The average molecular weight is 467 g/mol. The number of hydrogen-bond donors (Lipinski definition) is 3. The maximum atomic E-state index is 13.5. The quantitative estimate of drug-likeness (QED) is 0.637. The van der Waals surface area contributed by atoms with Crippen LogP contribution in [0.2, 0.25) is 0 Å². The number of halogens is 3. The zero-order valence-electron chi connectivity index (χ0n) is 19.0. The van der Waals surface area contributed by atoms with Crippen LogP contribution >= 0.6 is 0 Å². The number of carbonyl (C=O) groups is 1. The maximum absolute atomic E-state index is 13.5. The molecule has 0 bridgehead atoms. The zero-order chi connectivity index (χ0) is 23.2. The Labute approximate surface area is 192 Å². The molecule has 1 aromatic carbocycles. The molecule has 5 unspecified atom stereocenters. The first-order valence-electron chi connectivity index (χ1n) is 12.1. The Balaban J connectivity index is 1.41. The van der Waals surface area contributed by atoms with Crippen molar-refractivity contribution < 1.29 is 22.7 Å². The molecule has 3 aliphatic heterocycles. The van der Waals surface area contributed by atoms with Crippen LogP contribution in [-0.4, -0.2) is 61.4 Å². The molecule has 3 saturated heterocycles. The van der Waals surface area contributed by atoms with Gasteiger partial charge in [0, 0.05) is 18.6 Å². The molecule has 5 rings (SSSR count). The molecule has 5 atom stereocenters. The van der Waals surface area contributed by atoms with E-state index in [4.69, 9.17) is 4.74 Å². The third-order valence-corrected chi connectivity index (χ3v) is 7.89. The summed E-state index contributed by atoms with van der Waals surface area (Å²) >= 11 is 0. The number of nitrogens with zero attached hydrogens (tertiary/aromatic N) is 1. The van der Waals surface area contributed by atoms with Gasteiger partial charge in [0.1, 0.15) is 18.4 Å². The summed E-state index contributed by atoms with van der Waals surface area (Å²) in [5, 5.41) is 3.35. The summed E-state index contributed by atoms with van der Waals surface area (Å²) in [6, 6.07) is 5.65. The molecule has 3 heterocycles. The molecule has 4 fully saturated rings. The minimum Gasteiger partial charge on any atom is -0.490 e. The number of hydrogen-bond acceptors (Lipinski definition) is 5. The number of piperidine rings is 2. The lowest BCUT2D eigenvalue weighted by Crippen LogP contribution is -2.63. The lowest BCUT2D eigenvalue weighted by molar-refractivity contribution is -0.178. The van der Waals surface area contributed by atoms with Gasteiger partial charge in [0.15, 0.2) is 0 Å². The van der Waals surface area contributed by atoms with E-state index in [9.17, 15) is 18.0 Å². The van der Waals surface area contributed by atoms with Crippen molar-refractivity contribution in [2.45, 2.75) is 69.3 Å². The van der Waals surface area contributed by atoms with Crippen molar-refractivity contribution >= 4 is 5.91 Å². The highest BCUT2D eigenvalue weighted by molar-refractivity contribution is 5.82. The van der Waals surface area contributed by atoms with E-state index in [0.29, 0.717) is 13.0 Å². The van der Waals surface area contributed by atoms with Gasteiger partial charge in [-0.05, 0) is 81.1 Å². The number of benzene rings is 1. The number of ether oxygens (including phenoxy) is 1. The van der Waals surface area contributed by atoms with Crippen molar-refractivity contribution in [3.8, 4) is 5.75 Å². The molecule has 1 aliphatic carbocycles. The molecular formula is C24H33F3N4O2. The molecule has 0 aromatic heterocycles. The van der Waals surface area contributed by atoms with Gasteiger partial charge >= 0.3 is 6.18 Å². The first-order valence-corrected chi connectivity index (χ1v) is 12.1. The van der Waals surface area contributed by atoms with Crippen LogP contribution < -0.4 is 20.9 Å². The minimum absolute atomic E-state index is 0.0144. The Hall–Kier alpha value is -1.84. The van der Waals surface area contributed by atoms with Crippen molar-refractivity contribution in [3.05, 3.63) is 29.3 Å². The molecule has 0 radical (unpaired) electrons. The van der Waals surface area contributed by atoms with Crippen LogP contribution in [0.15, 0.2) is 18.2 Å². The second kappa shape index (κ2) is 9.07. The predicted molar refractivity (Wildman–Crippen MR) is 118 cm³/mol. The highest BCUT2D eigenvalue weighted by atomic mass is 19.4. The van der Waals surface area contributed by atoms with Gasteiger partial charge in [-0.2, -0.15) is 13.2 Å². The third kappa shape index (κ3) is 4.72. The monoisotopic (exact) mass is 466 g/mol. The Kier molecular flexibility index (Phi) is 6.30. The van der Waals surface area contributed by atoms with Gasteiger partial charge in [0.2, 0.25) is 5.91 Å². The first kappa shape index (κ1) is 22.9. The largest absolute Gasteiger partial charge is 0.490 e. The van der Waals surface area contributed by atoms with Crippen LogP contribution in [0.1, 0.15) is 49.1 Å². The Morgan fingerprint density at radius 3 is 2.70 bits per heavy atom. The normalized spacial score (nSPS) is 33.0. The summed E-state index contributed by atoms with van der Waals surface area (Å²) in [6.45, 7) is 3.10. The summed E-state index contributed by atoms with van der Waals surface area (Å²) in [5.41, 5.74) is 8.37. The van der Waals surface area contributed by atoms with Crippen molar-refractivity contribution in [3.63, 3.8) is 0 Å². The summed E-state index contributed by atoms with van der Waals surface area (Å²) in [7, 11) is 0. The number of hydrazine groups is 1. The highest BCUT2D eigenvalue weighted by Crippen LogP contribution is 2.47. The highest BCUT2D eigenvalue weighted by Gasteiger charge is 2.54.